The number of aryl methyl sites for hydroxylation is 1. The molecule has 0 saturated carbocycles. The number of methoxy groups -OCH3 is 1. The molecular formula is C20H21N3O2S. The third-order valence-electron chi connectivity index (χ3n) is 4.88. The number of benzene rings is 1. The molecule has 1 aliphatic heterocycles. The number of aromatic nitrogens is 2. The zero-order valence-corrected chi connectivity index (χ0v) is 15.8. The van der Waals surface area contributed by atoms with Crippen LogP contribution in [0.4, 0.5) is 0 Å². The van der Waals surface area contributed by atoms with Crippen molar-refractivity contribution in [1.82, 2.24) is 14.7 Å². The van der Waals surface area contributed by atoms with Crippen LogP contribution < -0.4 is 4.74 Å². The summed E-state index contributed by atoms with van der Waals surface area (Å²) in [6.07, 6.45) is 1.69. The second-order valence-corrected chi connectivity index (χ2v) is 7.39. The Balaban J connectivity index is 1.54. The molecule has 3 aromatic rings. The zero-order valence-electron chi connectivity index (χ0n) is 14.9. The third kappa shape index (κ3) is 3.12. The number of hydrogen-bond donors (Lipinski definition) is 0. The average Bonchev–Trinajstić information content (AvgIpc) is 3.26. The quantitative estimate of drug-likeness (QED) is 0.713. The second kappa shape index (κ2) is 6.96. The van der Waals surface area contributed by atoms with Gasteiger partial charge < -0.3 is 9.64 Å². The van der Waals surface area contributed by atoms with E-state index >= 15 is 0 Å². The minimum atomic E-state index is 0.00294. The van der Waals surface area contributed by atoms with Crippen molar-refractivity contribution < 1.29 is 9.53 Å². The summed E-state index contributed by atoms with van der Waals surface area (Å²) in [5.41, 5.74) is 4.05. The topological polar surface area (TPSA) is 47.4 Å². The minimum absolute atomic E-state index is 0.00294. The molecule has 4 rings (SSSR count). The van der Waals surface area contributed by atoms with Gasteiger partial charge in [0.05, 0.1) is 17.7 Å². The molecule has 0 bridgehead atoms. The Hall–Kier alpha value is -2.60. The molecule has 1 amide bonds. The van der Waals surface area contributed by atoms with Gasteiger partial charge in [0, 0.05) is 20.1 Å². The first kappa shape index (κ1) is 16.8. The molecule has 5 nitrogen and oxygen atoms in total. The number of nitrogens with zero attached hydrogens (tertiary/aromatic N) is 3. The Morgan fingerprint density at radius 2 is 1.96 bits per heavy atom. The van der Waals surface area contributed by atoms with Crippen molar-refractivity contribution in [2.45, 2.75) is 12.8 Å². The van der Waals surface area contributed by atoms with Crippen molar-refractivity contribution in [2.75, 3.05) is 20.2 Å². The van der Waals surface area contributed by atoms with Gasteiger partial charge in [-0.1, -0.05) is 12.1 Å². The number of fused-ring (bicyclic) bond motifs is 1. The van der Waals surface area contributed by atoms with Crippen molar-refractivity contribution in [1.29, 1.82) is 0 Å². The number of thiophene rings is 1. The highest BCUT2D eigenvalue weighted by molar-refractivity contribution is 7.13. The fourth-order valence-electron chi connectivity index (χ4n) is 3.42. The van der Waals surface area contributed by atoms with E-state index in [1.165, 1.54) is 11.1 Å². The monoisotopic (exact) mass is 367 g/mol. The van der Waals surface area contributed by atoms with E-state index in [-0.39, 0.29) is 5.91 Å². The lowest BCUT2D eigenvalue weighted by Gasteiger charge is -2.18. The average molecular weight is 367 g/mol. The molecule has 1 aromatic carbocycles. The first-order valence-corrected chi connectivity index (χ1v) is 9.56. The van der Waals surface area contributed by atoms with E-state index in [9.17, 15) is 4.79 Å². The van der Waals surface area contributed by atoms with Crippen LogP contribution in [0.2, 0.25) is 0 Å². The lowest BCUT2D eigenvalue weighted by Crippen LogP contribution is -2.33. The van der Waals surface area contributed by atoms with Crippen LogP contribution in [-0.4, -0.2) is 40.8 Å². The SMILES string of the molecule is COc1ccc2c(c1)CCN(C(=O)c1cc(-c3cccs3)n(C)n1)CC2. The Labute approximate surface area is 156 Å². The lowest BCUT2D eigenvalue weighted by molar-refractivity contribution is 0.0756. The summed E-state index contributed by atoms with van der Waals surface area (Å²) < 4.78 is 7.11. The summed E-state index contributed by atoms with van der Waals surface area (Å²) in [6, 6.07) is 12.1. The van der Waals surface area contributed by atoms with Gasteiger partial charge in [0.2, 0.25) is 0 Å². The van der Waals surface area contributed by atoms with Crippen LogP contribution in [0.5, 0.6) is 5.75 Å². The Morgan fingerprint density at radius 1 is 1.15 bits per heavy atom. The van der Waals surface area contributed by atoms with Gasteiger partial charge in [-0.15, -0.1) is 11.3 Å². The Bertz CT molecular complexity index is 931. The highest BCUT2D eigenvalue weighted by Crippen LogP contribution is 2.26. The third-order valence-corrected chi connectivity index (χ3v) is 5.77. The van der Waals surface area contributed by atoms with Crippen LogP contribution in [0, 0.1) is 0 Å². The first-order valence-electron chi connectivity index (χ1n) is 8.68. The van der Waals surface area contributed by atoms with Gasteiger partial charge in [0.15, 0.2) is 5.69 Å². The molecule has 26 heavy (non-hydrogen) atoms. The van der Waals surface area contributed by atoms with Crippen molar-refractivity contribution >= 4 is 17.2 Å². The molecule has 134 valence electrons. The Kier molecular flexibility index (Phi) is 4.51. The number of ether oxygens (including phenoxy) is 1. The van der Waals surface area contributed by atoms with E-state index < -0.39 is 0 Å². The maximum Gasteiger partial charge on any atom is 0.274 e. The van der Waals surface area contributed by atoms with Gasteiger partial charge in [-0.25, -0.2) is 0 Å². The van der Waals surface area contributed by atoms with Crippen LogP contribution in [0.1, 0.15) is 21.6 Å². The van der Waals surface area contributed by atoms with Gasteiger partial charge >= 0.3 is 0 Å². The molecule has 0 radical (unpaired) electrons. The molecule has 0 N–H and O–H groups in total. The van der Waals surface area contributed by atoms with Crippen molar-refractivity contribution in [2.24, 2.45) is 7.05 Å². The number of hydrogen-bond acceptors (Lipinski definition) is 4. The summed E-state index contributed by atoms with van der Waals surface area (Å²) in [4.78, 5) is 16.0. The van der Waals surface area contributed by atoms with Crippen LogP contribution in [0.3, 0.4) is 0 Å². The summed E-state index contributed by atoms with van der Waals surface area (Å²) in [5.74, 6) is 0.872. The molecule has 0 unspecified atom stereocenters. The van der Waals surface area contributed by atoms with E-state index in [1.807, 2.05) is 41.6 Å². The smallest absolute Gasteiger partial charge is 0.274 e. The van der Waals surface area contributed by atoms with Gasteiger partial charge in [-0.3, -0.25) is 9.48 Å². The molecule has 1 aliphatic rings. The van der Waals surface area contributed by atoms with Crippen molar-refractivity contribution in [3.05, 3.63) is 58.6 Å². The van der Waals surface area contributed by atoms with Crippen LogP contribution in [0.15, 0.2) is 41.8 Å². The van der Waals surface area contributed by atoms with E-state index in [1.54, 1.807) is 23.1 Å². The maximum atomic E-state index is 13.0. The molecule has 2 aromatic heterocycles. The van der Waals surface area contributed by atoms with Gasteiger partial charge in [-0.2, -0.15) is 5.10 Å². The number of carbonyl (C=O) groups is 1. The predicted molar refractivity (Wildman–Crippen MR) is 103 cm³/mol. The number of rotatable bonds is 3. The zero-order chi connectivity index (χ0) is 18.1. The summed E-state index contributed by atoms with van der Waals surface area (Å²) >= 11 is 1.65. The molecule has 0 aliphatic carbocycles. The fraction of sp³-hybridized carbons (Fsp3) is 0.300. The number of amides is 1. The fourth-order valence-corrected chi connectivity index (χ4v) is 4.19. The molecular weight excluding hydrogens is 346 g/mol. The minimum Gasteiger partial charge on any atom is -0.497 e. The highest BCUT2D eigenvalue weighted by Gasteiger charge is 2.23. The van der Waals surface area contributed by atoms with Crippen molar-refractivity contribution in [3.63, 3.8) is 0 Å². The predicted octanol–water partition coefficient (Wildman–Crippen LogP) is 3.40. The summed E-state index contributed by atoms with van der Waals surface area (Å²) in [5, 5.41) is 6.49. The van der Waals surface area contributed by atoms with E-state index in [4.69, 9.17) is 4.74 Å². The summed E-state index contributed by atoms with van der Waals surface area (Å²) in [6.45, 7) is 1.41. The van der Waals surface area contributed by atoms with Crippen LogP contribution >= 0.6 is 11.3 Å². The van der Waals surface area contributed by atoms with Crippen LogP contribution in [-0.2, 0) is 19.9 Å². The Morgan fingerprint density at radius 3 is 2.69 bits per heavy atom. The first-order chi connectivity index (χ1) is 12.7. The van der Waals surface area contributed by atoms with Crippen LogP contribution in [0.25, 0.3) is 10.6 Å². The molecule has 6 heteroatoms. The lowest BCUT2D eigenvalue weighted by atomic mass is 10.0. The molecule has 0 atom stereocenters. The van der Waals surface area contributed by atoms with Gasteiger partial charge in [0.25, 0.3) is 5.91 Å². The van der Waals surface area contributed by atoms with E-state index in [0.717, 1.165) is 29.2 Å². The number of carbonyl (C=O) groups excluding carboxylic acids is 1. The second-order valence-electron chi connectivity index (χ2n) is 6.44. The van der Waals surface area contributed by atoms with Crippen molar-refractivity contribution in [3.8, 4) is 16.3 Å². The van der Waals surface area contributed by atoms with Gasteiger partial charge in [0.1, 0.15) is 5.75 Å². The normalized spacial score (nSPS) is 14.0. The largest absolute Gasteiger partial charge is 0.497 e. The standard InChI is InChI=1S/C20H21N3O2S/c1-22-18(19-4-3-11-26-19)13-17(21-22)20(24)23-9-7-14-5-6-16(25-2)12-15(14)8-10-23/h3-6,11-13H,7-10H2,1-2H3. The maximum absolute atomic E-state index is 13.0. The molecule has 0 spiro atoms. The highest BCUT2D eigenvalue weighted by atomic mass is 32.1. The molecule has 3 heterocycles. The molecule has 0 saturated heterocycles. The van der Waals surface area contributed by atoms with E-state index in [2.05, 4.69) is 17.2 Å². The van der Waals surface area contributed by atoms with E-state index in [0.29, 0.717) is 18.8 Å². The van der Waals surface area contributed by atoms with Gasteiger partial charge in [-0.05, 0) is 53.6 Å². The molecule has 0 fully saturated rings. The summed E-state index contributed by atoms with van der Waals surface area (Å²) in [7, 11) is 3.57.